The number of carbonyl (C=O) groups excluding carboxylic acids is 1. The maximum absolute atomic E-state index is 13.1. The molecule has 1 N–H and O–H groups in total. The van der Waals surface area contributed by atoms with Crippen LogP contribution in [-0.4, -0.2) is 34.9 Å². The lowest BCUT2D eigenvalue weighted by Crippen LogP contribution is -2.32. The standard InChI is InChI=1S/C27H26ClN3O/c28-24-17-26(30-25-13-7-6-12-23(24)25)29-21-14-15-31(18-21)27(32)16-20-10-4-5-11-22(20)19-8-2-1-3-9-19/h1-3,6-13,17,21H,4-5,14-16,18H2,(H,29,30)/t21-/m0/s1. The first kappa shape index (κ1) is 20.8. The zero-order chi connectivity index (χ0) is 21.9. The molecule has 4 nitrogen and oxygen atoms in total. The molecule has 2 aromatic carbocycles. The number of nitrogens with zero attached hydrogens (tertiary/aromatic N) is 2. The Morgan fingerprint density at radius 1 is 1.06 bits per heavy atom. The van der Waals surface area contributed by atoms with Crippen molar-refractivity contribution in [3.63, 3.8) is 0 Å². The highest BCUT2D eigenvalue weighted by atomic mass is 35.5. The molecule has 1 saturated heterocycles. The molecule has 3 aromatic rings. The summed E-state index contributed by atoms with van der Waals surface area (Å²) in [5.74, 6) is 0.950. The summed E-state index contributed by atoms with van der Waals surface area (Å²) < 4.78 is 0. The molecule has 1 amide bonds. The monoisotopic (exact) mass is 443 g/mol. The number of aromatic nitrogens is 1. The van der Waals surface area contributed by atoms with Gasteiger partial charge in [0.05, 0.1) is 17.0 Å². The molecule has 2 heterocycles. The van der Waals surface area contributed by atoms with Crippen molar-refractivity contribution in [1.29, 1.82) is 0 Å². The first-order chi connectivity index (χ1) is 15.7. The number of likely N-dealkylation sites (tertiary alicyclic amines) is 1. The Morgan fingerprint density at radius 2 is 1.84 bits per heavy atom. The van der Waals surface area contributed by atoms with Gasteiger partial charge >= 0.3 is 0 Å². The molecule has 2 aliphatic rings. The van der Waals surface area contributed by atoms with Crippen LogP contribution in [0, 0.1) is 0 Å². The Balaban J connectivity index is 1.23. The van der Waals surface area contributed by atoms with Crippen molar-refractivity contribution in [2.45, 2.75) is 31.7 Å². The molecular weight excluding hydrogens is 418 g/mol. The van der Waals surface area contributed by atoms with Crippen LogP contribution in [0.3, 0.4) is 0 Å². The minimum atomic E-state index is 0.174. The van der Waals surface area contributed by atoms with Crippen LogP contribution in [-0.2, 0) is 4.79 Å². The van der Waals surface area contributed by atoms with E-state index < -0.39 is 0 Å². The number of fused-ring (bicyclic) bond motifs is 1. The zero-order valence-corrected chi connectivity index (χ0v) is 18.7. The van der Waals surface area contributed by atoms with Crippen LogP contribution >= 0.6 is 11.6 Å². The summed E-state index contributed by atoms with van der Waals surface area (Å²) in [5, 5.41) is 5.12. The highest BCUT2D eigenvalue weighted by molar-refractivity contribution is 6.35. The summed E-state index contributed by atoms with van der Waals surface area (Å²) in [4.78, 5) is 19.8. The van der Waals surface area contributed by atoms with Gasteiger partial charge in [-0.15, -0.1) is 0 Å². The number of allylic oxidation sites excluding steroid dienone is 3. The molecule has 162 valence electrons. The van der Waals surface area contributed by atoms with Gasteiger partial charge in [0.25, 0.3) is 0 Å². The van der Waals surface area contributed by atoms with Gasteiger partial charge in [0.15, 0.2) is 0 Å². The summed E-state index contributed by atoms with van der Waals surface area (Å²) in [7, 11) is 0. The minimum absolute atomic E-state index is 0.174. The SMILES string of the molecule is O=C(CC1=CCCC=C1c1ccccc1)N1CC[C@H](Nc2cc(Cl)c3ccccc3n2)C1. The topological polar surface area (TPSA) is 45.2 Å². The summed E-state index contributed by atoms with van der Waals surface area (Å²) in [6, 6.07) is 20.3. The van der Waals surface area contributed by atoms with Crippen LogP contribution < -0.4 is 5.32 Å². The largest absolute Gasteiger partial charge is 0.365 e. The Hall–Kier alpha value is -3.11. The summed E-state index contributed by atoms with van der Waals surface area (Å²) in [6.07, 6.45) is 7.87. The van der Waals surface area contributed by atoms with Crippen molar-refractivity contribution in [3.8, 4) is 0 Å². The van der Waals surface area contributed by atoms with Gasteiger partial charge in [0.2, 0.25) is 5.91 Å². The molecule has 1 fully saturated rings. The zero-order valence-electron chi connectivity index (χ0n) is 17.9. The Bertz CT molecular complexity index is 1200. The molecule has 5 rings (SSSR count). The van der Waals surface area contributed by atoms with E-state index in [1.54, 1.807) is 0 Å². The predicted octanol–water partition coefficient (Wildman–Crippen LogP) is 6.09. The molecule has 5 heteroatoms. The number of carbonyl (C=O) groups is 1. The number of anilines is 1. The number of rotatable bonds is 5. The summed E-state index contributed by atoms with van der Waals surface area (Å²) >= 11 is 6.44. The third-order valence-electron chi connectivity index (χ3n) is 6.24. The van der Waals surface area contributed by atoms with E-state index in [4.69, 9.17) is 16.6 Å². The second-order valence-electron chi connectivity index (χ2n) is 8.44. The van der Waals surface area contributed by atoms with Crippen molar-refractivity contribution in [1.82, 2.24) is 9.88 Å². The molecule has 0 radical (unpaired) electrons. The molecule has 1 aliphatic carbocycles. The highest BCUT2D eigenvalue weighted by Crippen LogP contribution is 2.31. The number of hydrogen-bond acceptors (Lipinski definition) is 3. The molecule has 1 aliphatic heterocycles. The van der Waals surface area contributed by atoms with E-state index in [2.05, 4.69) is 29.6 Å². The molecule has 0 bridgehead atoms. The third-order valence-corrected chi connectivity index (χ3v) is 6.55. The lowest BCUT2D eigenvalue weighted by molar-refractivity contribution is -0.129. The van der Waals surface area contributed by atoms with Crippen LogP contribution in [0.5, 0.6) is 0 Å². The van der Waals surface area contributed by atoms with Crippen LogP contribution in [0.25, 0.3) is 16.5 Å². The molecule has 0 saturated carbocycles. The van der Waals surface area contributed by atoms with E-state index in [-0.39, 0.29) is 11.9 Å². The first-order valence-electron chi connectivity index (χ1n) is 11.2. The maximum Gasteiger partial charge on any atom is 0.227 e. The van der Waals surface area contributed by atoms with E-state index in [1.165, 1.54) is 11.1 Å². The van der Waals surface area contributed by atoms with E-state index >= 15 is 0 Å². The van der Waals surface area contributed by atoms with Crippen molar-refractivity contribution >= 4 is 39.8 Å². The molecule has 32 heavy (non-hydrogen) atoms. The van der Waals surface area contributed by atoms with E-state index in [9.17, 15) is 4.79 Å². The summed E-state index contributed by atoms with van der Waals surface area (Å²) in [6.45, 7) is 1.44. The molecule has 1 aromatic heterocycles. The molecule has 0 unspecified atom stereocenters. The van der Waals surface area contributed by atoms with Gasteiger partial charge in [0, 0.05) is 24.5 Å². The second kappa shape index (κ2) is 9.17. The summed E-state index contributed by atoms with van der Waals surface area (Å²) in [5.41, 5.74) is 4.41. The number of benzene rings is 2. The number of pyridine rings is 1. The molecular formula is C27H26ClN3O. The van der Waals surface area contributed by atoms with Crippen LogP contribution in [0.2, 0.25) is 5.02 Å². The predicted molar refractivity (Wildman–Crippen MR) is 132 cm³/mol. The number of para-hydroxylation sites is 1. The van der Waals surface area contributed by atoms with Crippen molar-refractivity contribution in [3.05, 3.63) is 89.0 Å². The first-order valence-corrected chi connectivity index (χ1v) is 11.6. The number of amides is 1. The fourth-order valence-electron chi connectivity index (χ4n) is 4.61. The van der Waals surface area contributed by atoms with Gasteiger partial charge < -0.3 is 10.2 Å². The quantitative estimate of drug-likeness (QED) is 0.518. The smallest absolute Gasteiger partial charge is 0.227 e. The van der Waals surface area contributed by atoms with Gasteiger partial charge in [-0.1, -0.05) is 72.3 Å². The number of halogens is 1. The van der Waals surface area contributed by atoms with E-state index in [1.807, 2.05) is 53.4 Å². The lowest BCUT2D eigenvalue weighted by atomic mass is 9.90. The Kier molecular flexibility index (Phi) is 5.95. The minimum Gasteiger partial charge on any atom is -0.365 e. The molecule has 1 atom stereocenters. The van der Waals surface area contributed by atoms with Gasteiger partial charge in [-0.25, -0.2) is 4.98 Å². The van der Waals surface area contributed by atoms with Crippen molar-refractivity contribution in [2.24, 2.45) is 0 Å². The van der Waals surface area contributed by atoms with E-state index in [0.717, 1.165) is 48.1 Å². The van der Waals surface area contributed by atoms with Crippen LogP contribution in [0.4, 0.5) is 5.82 Å². The van der Waals surface area contributed by atoms with E-state index in [0.29, 0.717) is 18.0 Å². The average Bonchev–Trinajstić information content (AvgIpc) is 3.29. The van der Waals surface area contributed by atoms with Gasteiger partial charge in [-0.05, 0) is 48.1 Å². The van der Waals surface area contributed by atoms with Crippen LogP contribution in [0.1, 0.15) is 31.2 Å². The maximum atomic E-state index is 13.1. The Labute approximate surface area is 193 Å². The Morgan fingerprint density at radius 3 is 2.72 bits per heavy atom. The third kappa shape index (κ3) is 4.42. The average molecular weight is 444 g/mol. The van der Waals surface area contributed by atoms with Crippen molar-refractivity contribution in [2.75, 3.05) is 18.4 Å². The fraction of sp³-hybridized carbons (Fsp3) is 0.259. The lowest BCUT2D eigenvalue weighted by Gasteiger charge is -2.21. The normalized spacial score (nSPS) is 18.4. The fourth-order valence-corrected chi connectivity index (χ4v) is 4.87. The van der Waals surface area contributed by atoms with Crippen LogP contribution in [0.15, 0.2) is 78.4 Å². The van der Waals surface area contributed by atoms with Crippen molar-refractivity contribution < 1.29 is 4.79 Å². The second-order valence-corrected chi connectivity index (χ2v) is 8.85. The number of hydrogen-bond donors (Lipinski definition) is 1. The van der Waals surface area contributed by atoms with Gasteiger partial charge in [-0.3, -0.25) is 4.79 Å². The number of nitrogens with one attached hydrogen (secondary N) is 1. The highest BCUT2D eigenvalue weighted by Gasteiger charge is 2.27. The molecule has 0 spiro atoms. The van der Waals surface area contributed by atoms with Gasteiger partial charge in [-0.2, -0.15) is 0 Å². The van der Waals surface area contributed by atoms with Gasteiger partial charge in [0.1, 0.15) is 5.82 Å².